The minimum Gasteiger partial charge on any atom is -0.370 e. The molecule has 1 atom stereocenters. The Morgan fingerprint density at radius 3 is 2.67 bits per heavy atom. The van der Waals surface area contributed by atoms with Crippen LogP contribution in [0.4, 0.5) is 5.69 Å². The van der Waals surface area contributed by atoms with Crippen molar-refractivity contribution in [2.75, 3.05) is 18.0 Å². The summed E-state index contributed by atoms with van der Waals surface area (Å²) in [4.78, 5) is 7.13. The van der Waals surface area contributed by atoms with Gasteiger partial charge in [-0.1, -0.05) is 36.7 Å². The first-order chi connectivity index (χ1) is 13.0. The Labute approximate surface area is 164 Å². The highest BCUT2D eigenvalue weighted by Crippen LogP contribution is 2.38. The van der Waals surface area contributed by atoms with Crippen molar-refractivity contribution >= 4 is 38.0 Å². The lowest BCUT2D eigenvalue weighted by molar-refractivity contribution is 0.446. The zero-order valence-electron chi connectivity index (χ0n) is 15.1. The predicted octanol–water partition coefficient (Wildman–Crippen LogP) is 4.96. The van der Waals surface area contributed by atoms with Gasteiger partial charge in [0.25, 0.3) is 0 Å². The van der Waals surface area contributed by atoms with Crippen LogP contribution in [-0.2, 0) is 9.84 Å². The molecular weight excluding hydrogens is 380 g/mol. The molecule has 0 amide bonds. The Balaban J connectivity index is 1.99. The second-order valence-electron chi connectivity index (χ2n) is 7.14. The number of rotatable bonds is 3. The zero-order chi connectivity index (χ0) is 19.0. The molecule has 1 unspecified atom stereocenters. The molecule has 3 aromatic rings. The topological polar surface area (TPSA) is 50.3 Å². The highest BCUT2D eigenvalue weighted by Gasteiger charge is 2.28. The minimum atomic E-state index is -3.69. The molecule has 0 bridgehead atoms. The van der Waals surface area contributed by atoms with Gasteiger partial charge in [-0.05, 0) is 49.1 Å². The average molecular weight is 401 g/mol. The number of anilines is 1. The van der Waals surface area contributed by atoms with Crippen LogP contribution < -0.4 is 4.90 Å². The maximum atomic E-state index is 13.4. The molecule has 140 valence electrons. The molecule has 4 nitrogen and oxygen atoms in total. The van der Waals surface area contributed by atoms with Crippen LogP contribution in [0.2, 0.25) is 5.02 Å². The molecule has 0 aliphatic carbocycles. The second-order valence-corrected chi connectivity index (χ2v) is 9.50. The Morgan fingerprint density at radius 2 is 1.93 bits per heavy atom. The number of fused-ring (bicyclic) bond motifs is 1. The lowest BCUT2D eigenvalue weighted by Crippen LogP contribution is -2.35. The van der Waals surface area contributed by atoms with Gasteiger partial charge in [0.05, 0.1) is 16.1 Å². The van der Waals surface area contributed by atoms with Crippen LogP contribution in [0.5, 0.6) is 0 Å². The number of halogens is 1. The van der Waals surface area contributed by atoms with E-state index in [-0.39, 0.29) is 9.79 Å². The molecule has 2 aromatic carbocycles. The molecule has 1 saturated heterocycles. The van der Waals surface area contributed by atoms with Crippen LogP contribution in [0.1, 0.15) is 19.8 Å². The molecule has 0 N–H and O–H groups in total. The van der Waals surface area contributed by atoms with Gasteiger partial charge in [0, 0.05) is 29.7 Å². The summed E-state index contributed by atoms with van der Waals surface area (Å²) in [6.07, 6.45) is 3.69. The van der Waals surface area contributed by atoms with Gasteiger partial charge < -0.3 is 4.90 Å². The second kappa shape index (κ2) is 7.13. The van der Waals surface area contributed by atoms with Crippen molar-refractivity contribution in [1.82, 2.24) is 4.98 Å². The highest BCUT2D eigenvalue weighted by molar-refractivity contribution is 7.91. The molecule has 0 radical (unpaired) electrons. The van der Waals surface area contributed by atoms with Crippen molar-refractivity contribution in [3.63, 3.8) is 0 Å². The average Bonchev–Trinajstić information content (AvgIpc) is 2.67. The highest BCUT2D eigenvalue weighted by atomic mass is 35.5. The monoisotopic (exact) mass is 400 g/mol. The zero-order valence-corrected chi connectivity index (χ0v) is 16.7. The lowest BCUT2D eigenvalue weighted by atomic mass is 9.99. The van der Waals surface area contributed by atoms with Crippen LogP contribution in [0.3, 0.4) is 0 Å². The summed E-state index contributed by atoms with van der Waals surface area (Å²) in [5.41, 5.74) is 1.47. The van der Waals surface area contributed by atoms with E-state index in [9.17, 15) is 8.42 Å². The third-order valence-electron chi connectivity index (χ3n) is 5.08. The summed E-state index contributed by atoms with van der Waals surface area (Å²) >= 11 is 6.25. The molecule has 0 saturated carbocycles. The fraction of sp³-hybridized carbons (Fsp3) is 0.286. The van der Waals surface area contributed by atoms with Crippen molar-refractivity contribution in [3.05, 3.63) is 59.8 Å². The number of hydrogen-bond acceptors (Lipinski definition) is 4. The van der Waals surface area contributed by atoms with Crippen LogP contribution in [0, 0.1) is 5.92 Å². The molecule has 0 spiro atoms. The van der Waals surface area contributed by atoms with E-state index in [1.807, 2.05) is 18.2 Å². The van der Waals surface area contributed by atoms with Crippen LogP contribution >= 0.6 is 11.6 Å². The standard InChI is InChI=1S/C21H21ClN2O2S/c1-15-6-5-11-24(14-15)21-18-12-16(22)9-10-19(18)23-13-20(21)27(25,26)17-7-3-2-4-8-17/h2-4,7-10,12-13,15H,5-6,11,14H2,1H3. The molecular formula is C21H21ClN2O2S. The number of benzene rings is 2. The Bertz CT molecular complexity index is 1080. The first-order valence-corrected chi connectivity index (χ1v) is 11.0. The number of aromatic nitrogens is 1. The third-order valence-corrected chi connectivity index (χ3v) is 7.09. The molecule has 1 aromatic heterocycles. The summed E-state index contributed by atoms with van der Waals surface area (Å²) < 4.78 is 26.8. The van der Waals surface area contributed by atoms with E-state index in [2.05, 4.69) is 16.8 Å². The van der Waals surface area contributed by atoms with E-state index in [1.165, 1.54) is 6.20 Å². The van der Waals surface area contributed by atoms with Gasteiger partial charge in [0.1, 0.15) is 4.90 Å². The molecule has 1 aliphatic rings. The normalized spacial score (nSPS) is 18.0. The summed E-state index contributed by atoms with van der Waals surface area (Å²) in [7, 11) is -3.69. The minimum absolute atomic E-state index is 0.248. The van der Waals surface area contributed by atoms with Gasteiger partial charge in [0.2, 0.25) is 9.84 Å². The molecule has 4 rings (SSSR count). The SMILES string of the molecule is CC1CCCN(c2c(S(=O)(=O)c3ccccc3)cnc3ccc(Cl)cc23)C1. The van der Waals surface area contributed by atoms with E-state index in [1.54, 1.807) is 30.3 Å². The van der Waals surface area contributed by atoms with Gasteiger partial charge in [-0.2, -0.15) is 0 Å². The van der Waals surface area contributed by atoms with E-state index >= 15 is 0 Å². The van der Waals surface area contributed by atoms with Crippen molar-refractivity contribution in [3.8, 4) is 0 Å². The van der Waals surface area contributed by atoms with Crippen molar-refractivity contribution in [2.45, 2.75) is 29.6 Å². The maximum Gasteiger partial charge on any atom is 0.210 e. The van der Waals surface area contributed by atoms with Gasteiger partial charge in [-0.15, -0.1) is 0 Å². The molecule has 6 heteroatoms. The molecule has 27 heavy (non-hydrogen) atoms. The number of pyridine rings is 1. The quantitative estimate of drug-likeness (QED) is 0.623. The predicted molar refractivity (Wildman–Crippen MR) is 109 cm³/mol. The first kappa shape index (κ1) is 18.3. The van der Waals surface area contributed by atoms with Crippen molar-refractivity contribution in [2.24, 2.45) is 5.92 Å². The fourth-order valence-electron chi connectivity index (χ4n) is 3.77. The van der Waals surface area contributed by atoms with E-state index in [4.69, 9.17) is 11.6 Å². The maximum absolute atomic E-state index is 13.4. The first-order valence-electron chi connectivity index (χ1n) is 9.10. The fourth-order valence-corrected chi connectivity index (χ4v) is 5.40. The van der Waals surface area contributed by atoms with Crippen molar-refractivity contribution in [1.29, 1.82) is 0 Å². The van der Waals surface area contributed by atoms with E-state index in [0.29, 0.717) is 10.9 Å². The molecule has 1 aliphatic heterocycles. The Morgan fingerprint density at radius 1 is 1.15 bits per heavy atom. The summed E-state index contributed by atoms with van der Waals surface area (Å²) in [5, 5.41) is 1.36. The summed E-state index contributed by atoms with van der Waals surface area (Å²) in [6.45, 7) is 3.85. The van der Waals surface area contributed by atoms with E-state index in [0.717, 1.165) is 42.5 Å². The Hall–Kier alpha value is -2.11. The number of hydrogen-bond donors (Lipinski definition) is 0. The Kier molecular flexibility index (Phi) is 4.82. The molecule has 1 fully saturated rings. The van der Waals surface area contributed by atoms with Crippen LogP contribution in [0.15, 0.2) is 64.5 Å². The van der Waals surface area contributed by atoms with E-state index < -0.39 is 9.84 Å². The lowest BCUT2D eigenvalue weighted by Gasteiger charge is -2.34. The van der Waals surface area contributed by atoms with Crippen molar-refractivity contribution < 1.29 is 8.42 Å². The van der Waals surface area contributed by atoms with Crippen LogP contribution in [-0.4, -0.2) is 26.5 Å². The molecule has 2 heterocycles. The smallest absolute Gasteiger partial charge is 0.210 e. The largest absolute Gasteiger partial charge is 0.370 e. The van der Waals surface area contributed by atoms with Gasteiger partial charge in [-0.25, -0.2) is 8.42 Å². The van der Waals surface area contributed by atoms with Crippen LogP contribution in [0.25, 0.3) is 10.9 Å². The number of piperidine rings is 1. The van der Waals surface area contributed by atoms with Gasteiger partial charge >= 0.3 is 0 Å². The number of nitrogens with zero attached hydrogens (tertiary/aromatic N) is 2. The van der Waals surface area contributed by atoms with Gasteiger partial charge in [-0.3, -0.25) is 4.98 Å². The number of sulfone groups is 1. The third kappa shape index (κ3) is 3.42. The summed E-state index contributed by atoms with van der Waals surface area (Å²) in [6, 6.07) is 14.0. The van der Waals surface area contributed by atoms with Gasteiger partial charge in [0.15, 0.2) is 0 Å². The summed E-state index contributed by atoms with van der Waals surface area (Å²) in [5.74, 6) is 0.508.